The molecule has 0 aliphatic rings. The summed E-state index contributed by atoms with van der Waals surface area (Å²) < 4.78 is 15.0. The van der Waals surface area contributed by atoms with Crippen molar-refractivity contribution in [2.75, 3.05) is 30.9 Å². The maximum atomic E-state index is 12.2. The van der Waals surface area contributed by atoms with E-state index in [1.807, 2.05) is 0 Å². The molecule has 1 aromatic heterocycles. The first-order chi connectivity index (χ1) is 15.9. The molecule has 2 aromatic carbocycles. The molecule has 0 aliphatic heterocycles. The van der Waals surface area contributed by atoms with E-state index < -0.39 is 23.7 Å². The van der Waals surface area contributed by atoms with Crippen LogP contribution in [0, 0.1) is 0 Å². The molecular formula is C23H21N3O7. The number of anilines is 2. The molecule has 0 spiro atoms. The maximum absolute atomic E-state index is 12.2. The van der Waals surface area contributed by atoms with Crippen LogP contribution in [0.1, 0.15) is 20.9 Å². The monoisotopic (exact) mass is 451 g/mol. The number of amides is 3. The molecule has 0 unspecified atom stereocenters. The lowest BCUT2D eigenvalue weighted by Gasteiger charge is -2.10. The fraction of sp³-hybridized carbons (Fsp3) is 0.130. The van der Waals surface area contributed by atoms with Crippen molar-refractivity contribution < 1.29 is 33.1 Å². The number of methoxy groups -OCH3 is 1. The standard InChI is InChI=1S/C23H21N3O7/c1-31-21(28)13-24-22(29)15-7-9-16(10-8-15)25-20(27)14-33-18-5-2-4-17(12-18)26-23(30)19-6-3-11-32-19/h2-12H,13-14H2,1H3,(H,24,29)(H,25,27)(H,26,30). The second-order valence-corrected chi connectivity index (χ2v) is 6.63. The van der Waals surface area contributed by atoms with Crippen LogP contribution in [-0.2, 0) is 14.3 Å². The minimum atomic E-state index is -0.558. The Kier molecular flexibility index (Phi) is 7.79. The minimum absolute atomic E-state index is 0.174. The highest BCUT2D eigenvalue weighted by molar-refractivity contribution is 6.02. The van der Waals surface area contributed by atoms with Crippen molar-refractivity contribution in [3.63, 3.8) is 0 Å². The summed E-state index contributed by atoms with van der Waals surface area (Å²) in [5.74, 6) is -1.26. The van der Waals surface area contributed by atoms with Gasteiger partial charge < -0.3 is 29.8 Å². The molecule has 10 heteroatoms. The number of esters is 1. The quantitative estimate of drug-likeness (QED) is 0.425. The normalized spacial score (nSPS) is 10.1. The summed E-state index contributed by atoms with van der Waals surface area (Å²) in [6, 6.07) is 15.9. The van der Waals surface area contributed by atoms with E-state index in [0.29, 0.717) is 22.7 Å². The fourth-order valence-corrected chi connectivity index (χ4v) is 2.64. The Balaban J connectivity index is 1.48. The molecule has 0 radical (unpaired) electrons. The minimum Gasteiger partial charge on any atom is -0.484 e. The van der Waals surface area contributed by atoms with Gasteiger partial charge in [-0.15, -0.1) is 0 Å². The van der Waals surface area contributed by atoms with Gasteiger partial charge in [0, 0.05) is 23.0 Å². The second-order valence-electron chi connectivity index (χ2n) is 6.63. The molecule has 1 heterocycles. The van der Waals surface area contributed by atoms with E-state index in [2.05, 4.69) is 20.7 Å². The molecule has 3 N–H and O–H groups in total. The summed E-state index contributed by atoms with van der Waals surface area (Å²) in [6.07, 6.45) is 1.40. The third kappa shape index (κ3) is 6.96. The topological polar surface area (TPSA) is 136 Å². The first-order valence-electron chi connectivity index (χ1n) is 9.77. The summed E-state index contributed by atoms with van der Waals surface area (Å²) in [7, 11) is 1.23. The molecule has 33 heavy (non-hydrogen) atoms. The van der Waals surface area contributed by atoms with E-state index >= 15 is 0 Å². The number of hydrogen-bond donors (Lipinski definition) is 3. The van der Waals surface area contributed by atoms with Gasteiger partial charge in [-0.1, -0.05) is 6.07 Å². The van der Waals surface area contributed by atoms with Crippen molar-refractivity contribution >= 4 is 35.1 Å². The zero-order valence-electron chi connectivity index (χ0n) is 17.6. The number of furan rings is 1. The Bertz CT molecular complexity index is 1130. The highest BCUT2D eigenvalue weighted by Gasteiger charge is 2.11. The number of nitrogens with one attached hydrogen (secondary N) is 3. The molecule has 3 amide bonds. The Morgan fingerprint density at radius 2 is 1.67 bits per heavy atom. The summed E-state index contributed by atoms with van der Waals surface area (Å²) in [5, 5.41) is 7.74. The van der Waals surface area contributed by atoms with E-state index in [1.54, 1.807) is 48.5 Å². The van der Waals surface area contributed by atoms with Crippen molar-refractivity contribution in [1.82, 2.24) is 5.32 Å². The lowest BCUT2D eigenvalue weighted by molar-refractivity contribution is -0.139. The molecule has 0 bridgehead atoms. The van der Waals surface area contributed by atoms with E-state index in [0.717, 1.165) is 0 Å². The number of carbonyl (C=O) groups is 4. The molecule has 0 saturated carbocycles. The molecule has 3 aromatic rings. The highest BCUT2D eigenvalue weighted by Crippen LogP contribution is 2.18. The smallest absolute Gasteiger partial charge is 0.325 e. The molecule has 0 saturated heterocycles. The van der Waals surface area contributed by atoms with Gasteiger partial charge in [-0.3, -0.25) is 19.2 Å². The SMILES string of the molecule is COC(=O)CNC(=O)c1ccc(NC(=O)COc2cccc(NC(=O)c3ccco3)c2)cc1. The van der Waals surface area contributed by atoms with Crippen LogP contribution in [-0.4, -0.2) is 44.0 Å². The van der Waals surface area contributed by atoms with Crippen LogP contribution in [0.3, 0.4) is 0 Å². The van der Waals surface area contributed by atoms with Crippen LogP contribution >= 0.6 is 0 Å². The lowest BCUT2D eigenvalue weighted by atomic mass is 10.2. The molecule has 0 fully saturated rings. The van der Waals surface area contributed by atoms with E-state index in [1.165, 1.54) is 25.5 Å². The van der Waals surface area contributed by atoms with Gasteiger partial charge in [0.15, 0.2) is 12.4 Å². The molecule has 0 atom stereocenters. The number of carbonyl (C=O) groups excluding carboxylic acids is 4. The summed E-state index contributed by atoms with van der Waals surface area (Å²) >= 11 is 0. The third-order valence-corrected chi connectivity index (χ3v) is 4.26. The van der Waals surface area contributed by atoms with Gasteiger partial charge in [-0.2, -0.15) is 0 Å². The van der Waals surface area contributed by atoms with Gasteiger partial charge in [0.05, 0.1) is 13.4 Å². The zero-order valence-corrected chi connectivity index (χ0v) is 17.6. The van der Waals surface area contributed by atoms with Gasteiger partial charge in [0.2, 0.25) is 0 Å². The average Bonchev–Trinajstić information content (AvgIpc) is 3.37. The maximum Gasteiger partial charge on any atom is 0.325 e. The molecule has 0 aliphatic carbocycles. The number of benzene rings is 2. The molecule has 170 valence electrons. The Labute approximate surface area is 188 Å². The average molecular weight is 451 g/mol. The van der Waals surface area contributed by atoms with Crippen molar-refractivity contribution in [1.29, 1.82) is 0 Å². The van der Waals surface area contributed by atoms with Gasteiger partial charge in [-0.05, 0) is 48.5 Å². The van der Waals surface area contributed by atoms with Crippen molar-refractivity contribution in [2.24, 2.45) is 0 Å². The molecule has 3 rings (SSSR count). The highest BCUT2D eigenvalue weighted by atomic mass is 16.5. The predicted molar refractivity (Wildman–Crippen MR) is 118 cm³/mol. The first kappa shape index (κ1) is 23.1. The number of ether oxygens (including phenoxy) is 2. The van der Waals surface area contributed by atoms with E-state index in [4.69, 9.17) is 9.15 Å². The van der Waals surface area contributed by atoms with E-state index in [9.17, 15) is 19.2 Å². The zero-order chi connectivity index (χ0) is 23.6. The second kappa shape index (κ2) is 11.1. The van der Waals surface area contributed by atoms with Crippen molar-refractivity contribution in [3.8, 4) is 5.75 Å². The summed E-state index contributed by atoms with van der Waals surface area (Å²) in [4.78, 5) is 47.3. The Morgan fingerprint density at radius 3 is 2.36 bits per heavy atom. The van der Waals surface area contributed by atoms with Crippen LogP contribution in [0.5, 0.6) is 5.75 Å². The lowest BCUT2D eigenvalue weighted by Crippen LogP contribution is -2.30. The van der Waals surface area contributed by atoms with Gasteiger partial charge in [0.25, 0.3) is 17.7 Å². The molecule has 10 nitrogen and oxygen atoms in total. The van der Waals surface area contributed by atoms with E-state index in [-0.39, 0.29) is 18.9 Å². The van der Waals surface area contributed by atoms with Crippen LogP contribution in [0.4, 0.5) is 11.4 Å². The van der Waals surface area contributed by atoms with Gasteiger partial charge >= 0.3 is 5.97 Å². The number of rotatable bonds is 9. The van der Waals surface area contributed by atoms with Crippen LogP contribution in [0.25, 0.3) is 0 Å². The predicted octanol–water partition coefficient (Wildman–Crippen LogP) is 2.45. The number of hydrogen-bond acceptors (Lipinski definition) is 7. The van der Waals surface area contributed by atoms with Crippen LogP contribution < -0.4 is 20.7 Å². The van der Waals surface area contributed by atoms with Crippen molar-refractivity contribution in [3.05, 3.63) is 78.3 Å². The Hall–Kier alpha value is -4.60. The van der Waals surface area contributed by atoms with Crippen molar-refractivity contribution in [2.45, 2.75) is 0 Å². The van der Waals surface area contributed by atoms with Gasteiger partial charge in [-0.25, -0.2) is 0 Å². The third-order valence-electron chi connectivity index (χ3n) is 4.26. The van der Waals surface area contributed by atoms with Crippen LogP contribution in [0.2, 0.25) is 0 Å². The fourth-order valence-electron chi connectivity index (χ4n) is 2.64. The largest absolute Gasteiger partial charge is 0.484 e. The van der Waals surface area contributed by atoms with Crippen LogP contribution in [0.15, 0.2) is 71.3 Å². The summed E-state index contributed by atoms with van der Waals surface area (Å²) in [5.41, 5.74) is 1.27. The molecular weight excluding hydrogens is 430 g/mol. The first-order valence-corrected chi connectivity index (χ1v) is 9.77. The van der Waals surface area contributed by atoms with Gasteiger partial charge in [0.1, 0.15) is 12.3 Å². The Morgan fingerprint density at radius 1 is 0.879 bits per heavy atom. The summed E-state index contributed by atoms with van der Waals surface area (Å²) in [6.45, 7) is -0.504.